The third kappa shape index (κ3) is 1.40. The highest BCUT2D eigenvalue weighted by atomic mass is 35.5. The SMILES string of the molecule is O=[13C](O)[13c]1c[15n][13c](Cl)s1. The van der Waals surface area contributed by atoms with Gasteiger partial charge >= 0.3 is 5.97 Å². The van der Waals surface area contributed by atoms with Gasteiger partial charge in [0.25, 0.3) is 0 Å². The van der Waals surface area contributed by atoms with E-state index in [0.717, 1.165) is 11.3 Å². The zero-order valence-corrected chi connectivity index (χ0v) is 5.74. The van der Waals surface area contributed by atoms with Gasteiger partial charge in [-0.2, -0.15) is 0 Å². The van der Waals surface area contributed by atoms with Crippen molar-refractivity contribution in [2.75, 3.05) is 0 Å². The Bertz CT molecular complexity index is 234. The van der Waals surface area contributed by atoms with Crippen LogP contribution in [0.1, 0.15) is 9.67 Å². The molecule has 5 heteroatoms. The minimum Gasteiger partial charge on any atom is -0.477 e. The molecule has 1 N–H and O–H groups in total. The van der Waals surface area contributed by atoms with E-state index in [2.05, 4.69) is 4.98 Å². The average Bonchev–Trinajstić information content (AvgIpc) is 2.14. The topological polar surface area (TPSA) is 50.2 Å². The number of hydrogen-bond donors (Lipinski definition) is 1. The van der Waals surface area contributed by atoms with Gasteiger partial charge in [0.1, 0.15) is 4.88 Å². The summed E-state index contributed by atoms with van der Waals surface area (Å²) >= 11 is 6.30. The summed E-state index contributed by atoms with van der Waals surface area (Å²) < 4.78 is 0.257. The lowest BCUT2D eigenvalue weighted by Crippen LogP contribution is -1.89. The maximum Gasteiger partial charge on any atom is 0.347 e. The van der Waals surface area contributed by atoms with E-state index in [0.29, 0.717) is 0 Å². The molecule has 0 spiro atoms. The fraction of sp³-hybridized carbons (Fsp3) is 0. The lowest BCUT2D eigenvalue weighted by molar-refractivity contribution is 0.0702. The maximum atomic E-state index is 10.1. The molecule has 0 unspecified atom stereocenters. The van der Waals surface area contributed by atoms with Crippen LogP contribution in [0.15, 0.2) is 6.20 Å². The van der Waals surface area contributed by atoms with Crippen molar-refractivity contribution in [2.45, 2.75) is 0 Å². The second-order valence-corrected chi connectivity index (χ2v) is 2.90. The molecule has 9 heavy (non-hydrogen) atoms. The number of rotatable bonds is 1. The van der Waals surface area contributed by atoms with Gasteiger partial charge in [0, 0.05) is 0 Å². The Labute approximate surface area is 59.9 Å². The fourth-order valence-electron chi connectivity index (χ4n) is 0.352. The summed E-state index contributed by atoms with van der Waals surface area (Å²) in [6.45, 7) is 0. The molecule has 1 aromatic rings. The zero-order chi connectivity index (χ0) is 6.85. The first-order valence-corrected chi connectivity index (χ1v) is 3.24. The third-order valence-corrected chi connectivity index (χ3v) is 1.79. The predicted octanol–water partition coefficient (Wildman–Crippen LogP) is 1.49. The van der Waals surface area contributed by atoms with E-state index < -0.39 is 5.97 Å². The van der Waals surface area contributed by atoms with Crippen molar-refractivity contribution in [3.63, 3.8) is 0 Å². The molecule has 0 bridgehead atoms. The molecule has 3 nitrogen and oxygen atoms in total. The van der Waals surface area contributed by atoms with Crippen molar-refractivity contribution >= 4 is 28.9 Å². The Kier molecular flexibility index (Phi) is 1.68. The van der Waals surface area contributed by atoms with E-state index >= 15 is 0 Å². The van der Waals surface area contributed by atoms with Gasteiger partial charge in [-0.3, -0.25) is 0 Å². The van der Waals surface area contributed by atoms with Crippen molar-refractivity contribution in [3.8, 4) is 0 Å². The van der Waals surface area contributed by atoms with Gasteiger partial charge in [-0.1, -0.05) is 22.9 Å². The molecule has 0 aliphatic carbocycles. The molecule has 0 amide bonds. The Morgan fingerprint density at radius 3 is 2.78 bits per heavy atom. The summed E-state index contributed by atoms with van der Waals surface area (Å²) in [6.07, 6.45) is 1.23. The van der Waals surface area contributed by atoms with Crippen LogP contribution in [-0.2, 0) is 0 Å². The molecule has 1 aromatic heterocycles. The first-order valence-electron chi connectivity index (χ1n) is 2.05. The molecule has 48 valence electrons. The van der Waals surface area contributed by atoms with E-state index in [1.54, 1.807) is 0 Å². The number of carboxylic acid groups (broad SMARTS) is 1. The average molecular weight is 168 g/mol. The zero-order valence-electron chi connectivity index (χ0n) is 4.17. The van der Waals surface area contributed by atoms with E-state index in [9.17, 15) is 4.79 Å². The lowest BCUT2D eigenvalue weighted by Gasteiger charge is -1.77. The molecule has 1 rings (SSSR count). The lowest BCUT2D eigenvalue weighted by atomic mass is 11.2. The van der Waals surface area contributed by atoms with E-state index in [4.69, 9.17) is 16.7 Å². The minimum absolute atomic E-state index is 0.167. The number of thiazole rings is 1. The van der Waals surface area contributed by atoms with Crippen molar-refractivity contribution in [1.82, 2.24) is 4.98 Å². The molecular weight excluding hydrogens is 166 g/mol. The fourth-order valence-corrected chi connectivity index (χ4v) is 1.13. The van der Waals surface area contributed by atoms with Crippen LogP contribution in [-0.4, -0.2) is 16.1 Å². The second kappa shape index (κ2) is 2.33. The Morgan fingerprint density at radius 2 is 2.56 bits per heavy atom. The standard InChI is InChI=1S/C4H2ClNO2S/c5-4-6-1-2(9-4)3(7)8/h1H,(H,7,8)/i2+1,3+1,4+1,6+1. The summed E-state index contributed by atoms with van der Waals surface area (Å²) in [5.74, 6) is -0.987. The van der Waals surface area contributed by atoms with Crippen LogP contribution in [0.5, 0.6) is 0 Å². The van der Waals surface area contributed by atoms with E-state index in [-0.39, 0.29) is 9.34 Å². The van der Waals surface area contributed by atoms with Gasteiger partial charge in [-0.15, -0.1) is 0 Å². The van der Waals surface area contributed by atoms with Crippen LogP contribution in [0.25, 0.3) is 0 Å². The van der Waals surface area contributed by atoms with Gasteiger partial charge in [-0.25, -0.2) is 9.78 Å². The predicted molar refractivity (Wildman–Crippen MR) is 34.1 cm³/mol. The number of hydrogen-bond acceptors (Lipinski definition) is 3. The maximum absolute atomic E-state index is 10.1. The highest BCUT2D eigenvalue weighted by molar-refractivity contribution is 7.17. The number of nitrogens with zero attached hydrogens (tertiary/aromatic N) is 1. The monoisotopic (exact) mass is 167 g/mol. The molecule has 0 saturated heterocycles. The highest BCUT2D eigenvalue weighted by Gasteiger charge is 2.05. The van der Waals surface area contributed by atoms with Crippen molar-refractivity contribution in [2.24, 2.45) is 0 Å². The summed E-state index contributed by atoms with van der Waals surface area (Å²) in [6, 6.07) is 0. The quantitative estimate of drug-likeness (QED) is 0.645. The summed E-state index contributed by atoms with van der Waals surface area (Å²) in [7, 11) is 0. The number of halogens is 1. The first-order chi connectivity index (χ1) is 4.20. The molecule has 1 heterocycles. The summed E-state index contributed by atoms with van der Waals surface area (Å²) in [5.41, 5.74) is 0. The van der Waals surface area contributed by atoms with E-state index in [1.807, 2.05) is 0 Å². The van der Waals surface area contributed by atoms with Gasteiger partial charge in [0.15, 0.2) is 4.47 Å². The summed E-state index contributed by atoms with van der Waals surface area (Å²) in [5, 5.41) is 8.31. The molecule has 0 saturated carbocycles. The molecule has 0 radical (unpaired) electrons. The van der Waals surface area contributed by atoms with Crippen molar-refractivity contribution in [1.29, 1.82) is 0 Å². The normalized spacial score (nSPS) is 9.44. The van der Waals surface area contributed by atoms with Gasteiger partial charge < -0.3 is 5.11 Å². The number of carbonyl (C=O) groups is 1. The van der Waals surface area contributed by atoms with Crippen molar-refractivity contribution in [3.05, 3.63) is 15.5 Å². The molecular formula is C4H2ClNO2S. The van der Waals surface area contributed by atoms with Crippen LogP contribution < -0.4 is 0 Å². The molecule has 0 atom stereocenters. The molecule has 0 aliphatic heterocycles. The van der Waals surface area contributed by atoms with Crippen LogP contribution in [0.2, 0.25) is 4.47 Å². The smallest absolute Gasteiger partial charge is 0.347 e. The Hall–Kier alpha value is -0.610. The molecule has 0 fully saturated rings. The third-order valence-electron chi connectivity index (χ3n) is 0.688. The van der Waals surface area contributed by atoms with Crippen LogP contribution in [0, 0.1) is 0 Å². The Balaban J connectivity index is 2.98. The van der Waals surface area contributed by atoms with E-state index in [1.165, 1.54) is 6.20 Å². The largest absolute Gasteiger partial charge is 0.477 e. The number of carboxylic acids is 1. The first kappa shape index (κ1) is 6.51. The highest BCUT2D eigenvalue weighted by Crippen LogP contribution is 2.16. The van der Waals surface area contributed by atoms with Gasteiger partial charge in [-0.05, 0) is 0 Å². The summed E-state index contributed by atoms with van der Waals surface area (Å²) in [4.78, 5) is 13.8. The molecule has 0 aliphatic rings. The Morgan fingerprint density at radius 1 is 1.89 bits per heavy atom. The van der Waals surface area contributed by atoms with Gasteiger partial charge in [0.05, 0.1) is 6.20 Å². The molecule has 0 aromatic carbocycles. The van der Waals surface area contributed by atoms with Crippen molar-refractivity contribution < 1.29 is 9.90 Å². The van der Waals surface area contributed by atoms with Crippen LogP contribution in [0.3, 0.4) is 0 Å². The number of aromatic carboxylic acids is 1. The van der Waals surface area contributed by atoms with Crippen LogP contribution in [0.4, 0.5) is 0 Å². The second-order valence-electron chi connectivity index (χ2n) is 1.28. The van der Waals surface area contributed by atoms with Crippen LogP contribution >= 0.6 is 22.9 Å². The number of aromatic nitrogens is 1. The minimum atomic E-state index is -0.987. The van der Waals surface area contributed by atoms with Gasteiger partial charge in [0.2, 0.25) is 0 Å².